The summed E-state index contributed by atoms with van der Waals surface area (Å²) in [5.41, 5.74) is 7.55. The van der Waals surface area contributed by atoms with Crippen LogP contribution in [-0.4, -0.2) is 18.3 Å². The normalized spacial score (nSPS) is 11.5. The molecule has 3 nitrogen and oxygen atoms in total. The second-order valence-corrected chi connectivity index (χ2v) is 5.51. The van der Waals surface area contributed by atoms with Crippen LogP contribution in [0.1, 0.15) is 26.7 Å². The highest BCUT2D eigenvalue weighted by atomic mass is 35.5. The Morgan fingerprint density at radius 3 is 2.76 bits per heavy atom. The molecule has 1 aromatic carbocycles. The first-order chi connectivity index (χ1) is 7.94. The summed E-state index contributed by atoms with van der Waals surface area (Å²) in [6.07, 6.45) is 1.79. The number of benzene rings is 1. The minimum atomic E-state index is 0.123. The van der Waals surface area contributed by atoms with Gasteiger partial charge >= 0.3 is 0 Å². The average Bonchev–Trinajstić information content (AvgIpc) is 2.28. The van der Waals surface area contributed by atoms with Crippen LogP contribution in [-0.2, 0) is 0 Å². The van der Waals surface area contributed by atoms with Gasteiger partial charge in [-0.25, -0.2) is 0 Å². The topological polar surface area (TPSA) is 58.3 Å². The van der Waals surface area contributed by atoms with Crippen LogP contribution in [0, 0.1) is 5.41 Å². The molecular weight excluding hydrogens is 236 g/mol. The quantitative estimate of drug-likeness (QED) is 0.686. The summed E-state index contributed by atoms with van der Waals surface area (Å²) in [6, 6.07) is 5.41. The molecule has 1 rings (SSSR count). The van der Waals surface area contributed by atoms with Gasteiger partial charge in [-0.05, 0) is 36.5 Å². The predicted molar refractivity (Wildman–Crippen MR) is 74.5 cm³/mol. The standard InChI is InChI=1S/C13H21ClN2O/c1-13(2,6-3-7-17)9-16-12-8-10(14)4-5-11(12)15/h4-5,8,16-17H,3,6-7,9,15H2,1-2H3. The number of anilines is 2. The fourth-order valence-corrected chi connectivity index (χ4v) is 1.83. The number of aliphatic hydroxyl groups is 1. The molecule has 4 heteroatoms. The van der Waals surface area contributed by atoms with E-state index in [1.54, 1.807) is 12.1 Å². The van der Waals surface area contributed by atoms with Gasteiger partial charge in [-0.1, -0.05) is 25.4 Å². The van der Waals surface area contributed by atoms with E-state index >= 15 is 0 Å². The van der Waals surface area contributed by atoms with Gasteiger partial charge in [0.25, 0.3) is 0 Å². The Balaban J connectivity index is 2.57. The number of halogens is 1. The highest BCUT2D eigenvalue weighted by Crippen LogP contribution is 2.27. The van der Waals surface area contributed by atoms with Crippen LogP contribution in [0.5, 0.6) is 0 Å². The molecule has 0 heterocycles. The molecule has 0 saturated heterocycles. The molecule has 1 aromatic rings. The number of hydrogen-bond acceptors (Lipinski definition) is 3. The summed E-state index contributed by atoms with van der Waals surface area (Å²) in [4.78, 5) is 0. The summed E-state index contributed by atoms with van der Waals surface area (Å²) in [5.74, 6) is 0. The van der Waals surface area contributed by atoms with Crippen molar-refractivity contribution in [2.75, 3.05) is 24.2 Å². The Kier molecular flexibility index (Phi) is 5.09. The third kappa shape index (κ3) is 4.84. The van der Waals surface area contributed by atoms with Gasteiger partial charge in [0.1, 0.15) is 0 Å². The Hall–Kier alpha value is -0.930. The molecule has 0 amide bonds. The summed E-state index contributed by atoms with van der Waals surface area (Å²) in [7, 11) is 0. The second kappa shape index (κ2) is 6.12. The first kappa shape index (κ1) is 14.1. The molecule has 0 atom stereocenters. The molecule has 0 aliphatic carbocycles. The van der Waals surface area contributed by atoms with Gasteiger partial charge in [0.2, 0.25) is 0 Å². The third-order valence-corrected chi connectivity index (χ3v) is 3.02. The maximum Gasteiger partial charge on any atom is 0.0589 e. The minimum absolute atomic E-state index is 0.123. The number of aliphatic hydroxyl groups excluding tert-OH is 1. The zero-order valence-corrected chi connectivity index (χ0v) is 11.2. The first-order valence-electron chi connectivity index (χ1n) is 5.84. The molecule has 0 aromatic heterocycles. The van der Waals surface area contributed by atoms with Crippen LogP contribution < -0.4 is 11.1 Å². The molecule has 0 fully saturated rings. The smallest absolute Gasteiger partial charge is 0.0589 e. The number of hydrogen-bond donors (Lipinski definition) is 3. The Labute approximate surface area is 108 Å². The van der Waals surface area contributed by atoms with Crippen LogP contribution >= 0.6 is 11.6 Å². The summed E-state index contributed by atoms with van der Waals surface area (Å²) < 4.78 is 0. The number of nitrogens with two attached hydrogens (primary N) is 1. The van der Waals surface area contributed by atoms with E-state index in [9.17, 15) is 0 Å². The zero-order valence-electron chi connectivity index (χ0n) is 10.5. The van der Waals surface area contributed by atoms with Gasteiger partial charge in [-0.15, -0.1) is 0 Å². The number of nitrogen functional groups attached to an aromatic ring is 1. The fraction of sp³-hybridized carbons (Fsp3) is 0.538. The average molecular weight is 257 g/mol. The zero-order chi connectivity index (χ0) is 12.9. The Morgan fingerprint density at radius 1 is 1.41 bits per heavy atom. The third-order valence-electron chi connectivity index (χ3n) is 2.78. The van der Waals surface area contributed by atoms with Crippen molar-refractivity contribution < 1.29 is 5.11 Å². The SMILES string of the molecule is CC(C)(CCCO)CNc1cc(Cl)ccc1N. The number of rotatable bonds is 6. The summed E-state index contributed by atoms with van der Waals surface area (Å²) in [6.45, 7) is 5.37. The van der Waals surface area contributed by atoms with Crippen molar-refractivity contribution in [3.05, 3.63) is 23.2 Å². The van der Waals surface area contributed by atoms with Gasteiger partial charge in [-0.3, -0.25) is 0 Å². The van der Waals surface area contributed by atoms with Crippen molar-refractivity contribution in [1.29, 1.82) is 0 Å². The molecule has 4 N–H and O–H groups in total. The molecule has 0 radical (unpaired) electrons. The lowest BCUT2D eigenvalue weighted by Gasteiger charge is -2.25. The van der Waals surface area contributed by atoms with E-state index in [-0.39, 0.29) is 12.0 Å². The Bertz CT molecular complexity index is 366. The highest BCUT2D eigenvalue weighted by molar-refractivity contribution is 6.31. The second-order valence-electron chi connectivity index (χ2n) is 5.08. The van der Waals surface area contributed by atoms with Gasteiger partial charge in [-0.2, -0.15) is 0 Å². The van der Waals surface area contributed by atoms with Crippen molar-refractivity contribution in [3.63, 3.8) is 0 Å². The van der Waals surface area contributed by atoms with E-state index in [2.05, 4.69) is 19.2 Å². The van der Waals surface area contributed by atoms with E-state index in [0.717, 1.165) is 25.1 Å². The van der Waals surface area contributed by atoms with E-state index < -0.39 is 0 Å². The molecule has 0 bridgehead atoms. The molecule has 0 unspecified atom stereocenters. The van der Waals surface area contributed by atoms with E-state index in [4.69, 9.17) is 22.4 Å². The molecular formula is C13H21ClN2O. The highest BCUT2D eigenvalue weighted by Gasteiger charge is 2.17. The van der Waals surface area contributed by atoms with Crippen LogP contribution in [0.4, 0.5) is 11.4 Å². The van der Waals surface area contributed by atoms with Gasteiger partial charge in [0.05, 0.1) is 11.4 Å². The van der Waals surface area contributed by atoms with Crippen LogP contribution in [0.3, 0.4) is 0 Å². The Morgan fingerprint density at radius 2 is 2.12 bits per heavy atom. The van der Waals surface area contributed by atoms with Crippen molar-refractivity contribution >= 4 is 23.0 Å². The van der Waals surface area contributed by atoms with Crippen molar-refractivity contribution in [2.24, 2.45) is 5.41 Å². The van der Waals surface area contributed by atoms with E-state index in [0.29, 0.717) is 10.7 Å². The first-order valence-corrected chi connectivity index (χ1v) is 6.22. The molecule has 0 aliphatic heterocycles. The largest absolute Gasteiger partial charge is 0.397 e. The lowest BCUT2D eigenvalue weighted by atomic mass is 9.88. The molecule has 0 saturated carbocycles. The maximum absolute atomic E-state index is 8.84. The van der Waals surface area contributed by atoms with Crippen LogP contribution in [0.2, 0.25) is 5.02 Å². The van der Waals surface area contributed by atoms with Gasteiger partial charge < -0.3 is 16.2 Å². The predicted octanol–water partition coefficient (Wildman–Crippen LogP) is 3.13. The molecule has 96 valence electrons. The molecule has 17 heavy (non-hydrogen) atoms. The van der Waals surface area contributed by atoms with Crippen molar-refractivity contribution in [3.8, 4) is 0 Å². The molecule has 0 spiro atoms. The molecule has 0 aliphatic rings. The van der Waals surface area contributed by atoms with Crippen LogP contribution in [0.25, 0.3) is 0 Å². The number of nitrogens with one attached hydrogen (secondary N) is 1. The van der Waals surface area contributed by atoms with Crippen molar-refractivity contribution in [1.82, 2.24) is 0 Å². The summed E-state index contributed by atoms with van der Waals surface area (Å²) in [5, 5.41) is 12.8. The maximum atomic E-state index is 8.84. The van der Waals surface area contributed by atoms with Gasteiger partial charge in [0.15, 0.2) is 0 Å². The fourth-order valence-electron chi connectivity index (χ4n) is 1.66. The summed E-state index contributed by atoms with van der Waals surface area (Å²) >= 11 is 5.92. The van der Waals surface area contributed by atoms with E-state index in [1.807, 2.05) is 6.07 Å². The van der Waals surface area contributed by atoms with Crippen molar-refractivity contribution in [2.45, 2.75) is 26.7 Å². The van der Waals surface area contributed by atoms with Crippen LogP contribution in [0.15, 0.2) is 18.2 Å². The lowest BCUT2D eigenvalue weighted by molar-refractivity contribution is 0.248. The lowest BCUT2D eigenvalue weighted by Crippen LogP contribution is -2.23. The minimum Gasteiger partial charge on any atom is -0.397 e. The van der Waals surface area contributed by atoms with Gasteiger partial charge in [0, 0.05) is 18.2 Å². The monoisotopic (exact) mass is 256 g/mol. The van der Waals surface area contributed by atoms with E-state index in [1.165, 1.54) is 0 Å².